The average Bonchev–Trinajstić information content (AvgIpc) is 2.32. The standard InChI is InChI=1S/C10H7F2N3O/c11-7-1-2-8(12)9-6(7)3-5(4-14-9)10(16)15-13/h1-4H,13H2,(H,15,16). The zero-order valence-electron chi connectivity index (χ0n) is 8.00. The summed E-state index contributed by atoms with van der Waals surface area (Å²) < 4.78 is 26.6. The number of nitrogen functional groups attached to an aromatic ring is 1. The molecule has 0 aliphatic carbocycles. The molecule has 1 aromatic carbocycles. The molecule has 0 atom stereocenters. The number of nitrogens with two attached hydrogens (primary N) is 1. The number of hydrogen-bond acceptors (Lipinski definition) is 3. The van der Waals surface area contributed by atoms with E-state index in [0.717, 1.165) is 18.3 Å². The van der Waals surface area contributed by atoms with Gasteiger partial charge in [0.25, 0.3) is 5.91 Å². The molecule has 0 spiro atoms. The van der Waals surface area contributed by atoms with Crippen LogP contribution in [0.15, 0.2) is 24.4 Å². The lowest BCUT2D eigenvalue weighted by Crippen LogP contribution is -2.30. The van der Waals surface area contributed by atoms with E-state index >= 15 is 0 Å². The second-order valence-electron chi connectivity index (χ2n) is 3.12. The molecule has 2 aromatic rings. The van der Waals surface area contributed by atoms with Gasteiger partial charge < -0.3 is 0 Å². The number of carbonyl (C=O) groups excluding carboxylic acids is 1. The minimum Gasteiger partial charge on any atom is -0.290 e. The van der Waals surface area contributed by atoms with Gasteiger partial charge in [0, 0.05) is 11.6 Å². The lowest BCUT2D eigenvalue weighted by molar-refractivity contribution is 0.0953. The fourth-order valence-electron chi connectivity index (χ4n) is 1.36. The van der Waals surface area contributed by atoms with Crippen LogP contribution in [0.2, 0.25) is 0 Å². The molecular formula is C10H7F2N3O. The van der Waals surface area contributed by atoms with E-state index in [0.29, 0.717) is 0 Å². The zero-order valence-corrected chi connectivity index (χ0v) is 8.00. The lowest BCUT2D eigenvalue weighted by Gasteiger charge is -2.03. The van der Waals surface area contributed by atoms with Crippen molar-refractivity contribution in [2.24, 2.45) is 5.84 Å². The number of nitrogens with zero attached hydrogens (tertiary/aromatic N) is 1. The third-order valence-electron chi connectivity index (χ3n) is 2.14. The molecule has 2 rings (SSSR count). The number of amides is 1. The summed E-state index contributed by atoms with van der Waals surface area (Å²) in [6.45, 7) is 0. The van der Waals surface area contributed by atoms with E-state index < -0.39 is 17.5 Å². The highest BCUT2D eigenvalue weighted by Gasteiger charge is 2.11. The van der Waals surface area contributed by atoms with Crippen LogP contribution in [0.1, 0.15) is 10.4 Å². The molecule has 0 saturated heterocycles. The summed E-state index contributed by atoms with van der Waals surface area (Å²) in [4.78, 5) is 14.8. The topological polar surface area (TPSA) is 68.0 Å². The first kappa shape index (κ1) is 10.4. The number of hydrazine groups is 1. The van der Waals surface area contributed by atoms with E-state index in [2.05, 4.69) is 4.98 Å². The van der Waals surface area contributed by atoms with Crippen molar-refractivity contribution in [3.8, 4) is 0 Å². The highest BCUT2D eigenvalue weighted by Crippen LogP contribution is 2.19. The van der Waals surface area contributed by atoms with E-state index in [1.807, 2.05) is 5.43 Å². The third-order valence-corrected chi connectivity index (χ3v) is 2.14. The van der Waals surface area contributed by atoms with E-state index in [-0.39, 0.29) is 16.5 Å². The molecule has 16 heavy (non-hydrogen) atoms. The first-order chi connectivity index (χ1) is 7.63. The quantitative estimate of drug-likeness (QED) is 0.432. The minimum absolute atomic E-state index is 0.0545. The van der Waals surface area contributed by atoms with Crippen LogP contribution in [0.25, 0.3) is 10.9 Å². The maximum absolute atomic E-state index is 13.3. The molecule has 0 unspecified atom stereocenters. The summed E-state index contributed by atoms with van der Waals surface area (Å²) >= 11 is 0. The summed E-state index contributed by atoms with van der Waals surface area (Å²) in [5.41, 5.74) is 1.84. The molecule has 3 N–H and O–H groups in total. The molecule has 0 fully saturated rings. The van der Waals surface area contributed by atoms with Crippen LogP contribution < -0.4 is 11.3 Å². The van der Waals surface area contributed by atoms with Crippen molar-refractivity contribution in [3.05, 3.63) is 41.6 Å². The van der Waals surface area contributed by atoms with Crippen LogP contribution in [0.3, 0.4) is 0 Å². The fraction of sp³-hybridized carbons (Fsp3) is 0. The predicted molar refractivity (Wildman–Crippen MR) is 53.3 cm³/mol. The van der Waals surface area contributed by atoms with Crippen LogP contribution in [-0.4, -0.2) is 10.9 Å². The van der Waals surface area contributed by atoms with Crippen molar-refractivity contribution in [3.63, 3.8) is 0 Å². The monoisotopic (exact) mass is 223 g/mol. The van der Waals surface area contributed by atoms with Crippen LogP contribution in [-0.2, 0) is 0 Å². The van der Waals surface area contributed by atoms with Gasteiger partial charge >= 0.3 is 0 Å². The largest absolute Gasteiger partial charge is 0.290 e. The molecular weight excluding hydrogens is 216 g/mol. The number of nitrogens with one attached hydrogen (secondary N) is 1. The van der Waals surface area contributed by atoms with Gasteiger partial charge in [-0.25, -0.2) is 14.6 Å². The van der Waals surface area contributed by atoms with Gasteiger partial charge in [0.05, 0.1) is 5.56 Å². The Morgan fingerprint density at radius 3 is 2.69 bits per heavy atom. The zero-order chi connectivity index (χ0) is 11.7. The van der Waals surface area contributed by atoms with Crippen LogP contribution in [0.4, 0.5) is 8.78 Å². The van der Waals surface area contributed by atoms with Gasteiger partial charge in [-0.1, -0.05) is 0 Å². The highest BCUT2D eigenvalue weighted by atomic mass is 19.1. The van der Waals surface area contributed by atoms with E-state index in [4.69, 9.17) is 5.84 Å². The van der Waals surface area contributed by atoms with Crippen molar-refractivity contribution in [2.45, 2.75) is 0 Å². The molecule has 0 aliphatic heterocycles. The smallest absolute Gasteiger partial charge is 0.266 e. The molecule has 6 heteroatoms. The Labute approximate surface area is 89.1 Å². The molecule has 0 radical (unpaired) electrons. The number of fused-ring (bicyclic) bond motifs is 1. The van der Waals surface area contributed by atoms with E-state index in [1.54, 1.807) is 0 Å². The number of carbonyl (C=O) groups is 1. The second-order valence-corrected chi connectivity index (χ2v) is 3.12. The minimum atomic E-state index is -0.643. The Hall–Kier alpha value is -2.08. The fourth-order valence-corrected chi connectivity index (χ4v) is 1.36. The maximum atomic E-state index is 13.3. The van der Waals surface area contributed by atoms with E-state index in [9.17, 15) is 13.6 Å². The summed E-state index contributed by atoms with van der Waals surface area (Å²) in [6.07, 6.45) is 1.13. The van der Waals surface area contributed by atoms with Crippen molar-refractivity contribution in [2.75, 3.05) is 0 Å². The van der Waals surface area contributed by atoms with Gasteiger partial charge in [0.15, 0.2) is 0 Å². The van der Waals surface area contributed by atoms with Gasteiger partial charge in [-0.2, -0.15) is 0 Å². The molecule has 0 aliphatic rings. The Balaban J connectivity index is 2.70. The number of aromatic nitrogens is 1. The third kappa shape index (κ3) is 1.59. The molecule has 4 nitrogen and oxygen atoms in total. The Kier molecular flexibility index (Phi) is 2.49. The number of halogens is 2. The Morgan fingerprint density at radius 1 is 1.31 bits per heavy atom. The van der Waals surface area contributed by atoms with Crippen LogP contribution in [0, 0.1) is 11.6 Å². The molecule has 0 bridgehead atoms. The summed E-state index contributed by atoms with van der Waals surface area (Å²) in [7, 11) is 0. The van der Waals surface area contributed by atoms with Gasteiger partial charge in [-0.3, -0.25) is 15.2 Å². The van der Waals surface area contributed by atoms with Gasteiger partial charge in [0.2, 0.25) is 0 Å². The second kappa shape index (κ2) is 3.82. The van der Waals surface area contributed by atoms with Crippen molar-refractivity contribution in [1.82, 2.24) is 10.4 Å². The molecule has 1 amide bonds. The molecule has 1 heterocycles. The lowest BCUT2D eigenvalue weighted by atomic mass is 10.1. The van der Waals surface area contributed by atoms with Gasteiger partial charge in [-0.15, -0.1) is 0 Å². The number of benzene rings is 1. The molecule has 0 saturated carbocycles. The summed E-state index contributed by atoms with van der Waals surface area (Å²) in [5.74, 6) is 3.02. The Morgan fingerprint density at radius 2 is 2.00 bits per heavy atom. The van der Waals surface area contributed by atoms with Crippen molar-refractivity contribution >= 4 is 16.8 Å². The average molecular weight is 223 g/mol. The van der Waals surface area contributed by atoms with Crippen LogP contribution in [0.5, 0.6) is 0 Å². The van der Waals surface area contributed by atoms with Gasteiger partial charge in [-0.05, 0) is 18.2 Å². The molecule has 1 aromatic heterocycles. The normalized spacial score (nSPS) is 10.4. The van der Waals surface area contributed by atoms with Crippen molar-refractivity contribution < 1.29 is 13.6 Å². The number of rotatable bonds is 1. The summed E-state index contributed by atoms with van der Waals surface area (Å²) in [5, 5.41) is -0.0545. The SMILES string of the molecule is NNC(=O)c1cnc2c(F)ccc(F)c2c1. The number of hydrogen-bond donors (Lipinski definition) is 2. The summed E-state index contributed by atoms with van der Waals surface area (Å²) in [6, 6.07) is 3.15. The number of pyridine rings is 1. The van der Waals surface area contributed by atoms with Crippen molar-refractivity contribution in [1.29, 1.82) is 0 Å². The van der Waals surface area contributed by atoms with E-state index in [1.165, 1.54) is 6.07 Å². The first-order valence-electron chi connectivity index (χ1n) is 4.38. The first-order valence-corrected chi connectivity index (χ1v) is 4.38. The van der Waals surface area contributed by atoms with Gasteiger partial charge in [0.1, 0.15) is 17.2 Å². The van der Waals surface area contributed by atoms with Crippen LogP contribution >= 0.6 is 0 Å². The highest BCUT2D eigenvalue weighted by molar-refractivity contribution is 5.97. The maximum Gasteiger partial charge on any atom is 0.266 e. The Bertz CT molecular complexity index is 571. The molecule has 82 valence electrons. The predicted octanol–water partition coefficient (Wildman–Crippen LogP) is 1.12.